The van der Waals surface area contributed by atoms with Crippen LogP contribution in [-0.4, -0.2) is 28.8 Å². The van der Waals surface area contributed by atoms with Gasteiger partial charge in [-0.3, -0.25) is 0 Å². The highest BCUT2D eigenvalue weighted by Crippen LogP contribution is 2.24. The van der Waals surface area contributed by atoms with Gasteiger partial charge in [-0.2, -0.15) is 0 Å². The van der Waals surface area contributed by atoms with Crippen molar-refractivity contribution < 1.29 is 9.84 Å². The lowest BCUT2D eigenvalue weighted by Gasteiger charge is -2.08. The van der Waals surface area contributed by atoms with Crippen LogP contribution in [0.5, 0.6) is 5.75 Å². The number of aliphatic hydroxyl groups is 1. The zero-order valence-corrected chi connectivity index (χ0v) is 11.3. The lowest BCUT2D eigenvalue weighted by atomic mass is 10.1. The molecule has 2 aromatic rings. The van der Waals surface area contributed by atoms with Gasteiger partial charge in [0, 0.05) is 24.8 Å². The molecule has 0 unspecified atom stereocenters. The maximum atomic E-state index is 8.84. The summed E-state index contributed by atoms with van der Waals surface area (Å²) in [6.45, 7) is 2.17. The molecule has 4 heteroatoms. The molecule has 1 aromatic carbocycles. The summed E-state index contributed by atoms with van der Waals surface area (Å²) in [4.78, 5) is 8.73. The second kappa shape index (κ2) is 6.29. The monoisotopic (exact) mass is 258 g/mol. The highest BCUT2D eigenvalue weighted by molar-refractivity contribution is 5.61. The molecule has 19 heavy (non-hydrogen) atoms. The summed E-state index contributed by atoms with van der Waals surface area (Å²) in [5.41, 5.74) is 3.02. The molecular formula is C15H18N2O2. The normalized spacial score (nSPS) is 10.5. The number of aliphatic hydroxyl groups excluding tert-OH is 1. The lowest BCUT2D eigenvalue weighted by molar-refractivity contribution is 0.287. The van der Waals surface area contributed by atoms with E-state index in [1.54, 1.807) is 13.3 Å². The summed E-state index contributed by atoms with van der Waals surface area (Å²) in [7, 11) is 1.67. The highest BCUT2D eigenvalue weighted by atomic mass is 16.5. The van der Waals surface area contributed by atoms with Gasteiger partial charge >= 0.3 is 0 Å². The average Bonchev–Trinajstić information content (AvgIpc) is 2.45. The van der Waals surface area contributed by atoms with E-state index in [2.05, 4.69) is 16.0 Å². The zero-order chi connectivity index (χ0) is 13.7. The molecule has 1 N–H and O–H groups in total. The van der Waals surface area contributed by atoms with Gasteiger partial charge in [0.2, 0.25) is 0 Å². The van der Waals surface area contributed by atoms with E-state index in [4.69, 9.17) is 9.84 Å². The van der Waals surface area contributed by atoms with Gasteiger partial charge in [0.25, 0.3) is 0 Å². The van der Waals surface area contributed by atoms with Gasteiger partial charge in [-0.1, -0.05) is 0 Å². The molecule has 0 aliphatic rings. The first-order chi connectivity index (χ1) is 9.24. The Morgan fingerprint density at radius 1 is 1.26 bits per heavy atom. The van der Waals surface area contributed by atoms with Crippen molar-refractivity contribution in [1.29, 1.82) is 0 Å². The minimum absolute atomic E-state index is 0.162. The van der Waals surface area contributed by atoms with Gasteiger partial charge in [-0.25, -0.2) is 9.97 Å². The molecule has 0 bridgehead atoms. The third-order valence-corrected chi connectivity index (χ3v) is 2.95. The molecule has 0 aliphatic carbocycles. The summed E-state index contributed by atoms with van der Waals surface area (Å²) >= 11 is 0. The molecule has 0 spiro atoms. The SMILES string of the molecule is COc1ccc(-c2ccnc(CCCO)n2)cc1C. The minimum Gasteiger partial charge on any atom is -0.496 e. The van der Waals surface area contributed by atoms with Crippen molar-refractivity contribution in [3.63, 3.8) is 0 Å². The van der Waals surface area contributed by atoms with Crippen LogP contribution in [0.3, 0.4) is 0 Å². The number of nitrogens with zero attached hydrogens (tertiary/aromatic N) is 2. The molecule has 1 aromatic heterocycles. The molecule has 0 fully saturated rings. The third-order valence-electron chi connectivity index (χ3n) is 2.95. The quantitative estimate of drug-likeness (QED) is 0.894. The van der Waals surface area contributed by atoms with E-state index in [-0.39, 0.29) is 6.61 Å². The number of benzene rings is 1. The van der Waals surface area contributed by atoms with E-state index in [1.165, 1.54) is 0 Å². The van der Waals surface area contributed by atoms with E-state index in [1.807, 2.05) is 25.1 Å². The molecule has 100 valence electrons. The second-order valence-corrected chi connectivity index (χ2v) is 4.37. The first-order valence-corrected chi connectivity index (χ1v) is 6.32. The Bertz CT molecular complexity index is 556. The molecular weight excluding hydrogens is 240 g/mol. The van der Waals surface area contributed by atoms with E-state index in [9.17, 15) is 0 Å². The largest absolute Gasteiger partial charge is 0.496 e. The van der Waals surface area contributed by atoms with Crippen molar-refractivity contribution in [2.45, 2.75) is 19.8 Å². The van der Waals surface area contributed by atoms with Crippen molar-refractivity contribution in [1.82, 2.24) is 9.97 Å². The summed E-state index contributed by atoms with van der Waals surface area (Å²) < 4.78 is 5.25. The Morgan fingerprint density at radius 2 is 2.11 bits per heavy atom. The molecule has 0 saturated carbocycles. The highest BCUT2D eigenvalue weighted by Gasteiger charge is 2.05. The van der Waals surface area contributed by atoms with Crippen LogP contribution in [0.2, 0.25) is 0 Å². The number of hydrogen-bond donors (Lipinski definition) is 1. The fraction of sp³-hybridized carbons (Fsp3) is 0.333. The van der Waals surface area contributed by atoms with Gasteiger partial charge in [-0.15, -0.1) is 0 Å². The number of aromatic nitrogens is 2. The maximum Gasteiger partial charge on any atom is 0.129 e. The van der Waals surface area contributed by atoms with Crippen LogP contribution >= 0.6 is 0 Å². The fourth-order valence-corrected chi connectivity index (χ4v) is 1.96. The average molecular weight is 258 g/mol. The Labute approximate surface area is 113 Å². The van der Waals surface area contributed by atoms with Crippen LogP contribution in [0, 0.1) is 6.92 Å². The molecule has 0 amide bonds. The predicted molar refractivity (Wildman–Crippen MR) is 74.2 cm³/mol. The summed E-state index contributed by atoms with van der Waals surface area (Å²) in [5.74, 6) is 1.64. The molecule has 2 rings (SSSR count). The Morgan fingerprint density at radius 3 is 2.79 bits per heavy atom. The number of hydrogen-bond acceptors (Lipinski definition) is 4. The fourth-order valence-electron chi connectivity index (χ4n) is 1.96. The number of aryl methyl sites for hydroxylation is 2. The van der Waals surface area contributed by atoms with E-state index >= 15 is 0 Å². The molecule has 0 radical (unpaired) electrons. The van der Waals surface area contributed by atoms with Crippen LogP contribution in [0.25, 0.3) is 11.3 Å². The first-order valence-electron chi connectivity index (χ1n) is 6.32. The van der Waals surface area contributed by atoms with Crippen molar-refractivity contribution >= 4 is 0 Å². The Balaban J connectivity index is 2.28. The molecule has 0 atom stereocenters. The molecule has 0 saturated heterocycles. The lowest BCUT2D eigenvalue weighted by Crippen LogP contribution is -1.98. The first kappa shape index (κ1) is 13.5. The standard InChI is InChI=1S/C15H18N2O2/c1-11-10-12(5-6-14(11)19-2)13-7-8-16-15(17-13)4-3-9-18/h5-8,10,18H,3-4,9H2,1-2H3. The van der Waals surface area contributed by atoms with Gasteiger partial charge in [0.15, 0.2) is 0 Å². The van der Waals surface area contributed by atoms with Gasteiger partial charge in [0.1, 0.15) is 11.6 Å². The van der Waals surface area contributed by atoms with Crippen LogP contribution in [0.15, 0.2) is 30.5 Å². The van der Waals surface area contributed by atoms with E-state index in [0.29, 0.717) is 12.8 Å². The van der Waals surface area contributed by atoms with Crippen LogP contribution in [0.1, 0.15) is 17.8 Å². The summed E-state index contributed by atoms with van der Waals surface area (Å²) in [6.07, 6.45) is 3.14. The van der Waals surface area contributed by atoms with Crippen LogP contribution < -0.4 is 4.74 Å². The topological polar surface area (TPSA) is 55.2 Å². The summed E-state index contributed by atoms with van der Waals surface area (Å²) in [6, 6.07) is 7.88. The maximum absolute atomic E-state index is 8.84. The van der Waals surface area contributed by atoms with E-state index in [0.717, 1.165) is 28.4 Å². The van der Waals surface area contributed by atoms with Gasteiger partial charge in [-0.05, 0) is 43.2 Å². The third kappa shape index (κ3) is 3.29. The predicted octanol–water partition coefficient (Wildman–Crippen LogP) is 2.39. The number of methoxy groups -OCH3 is 1. The van der Waals surface area contributed by atoms with Crippen LogP contribution in [0.4, 0.5) is 0 Å². The molecule has 4 nitrogen and oxygen atoms in total. The van der Waals surface area contributed by atoms with Crippen LogP contribution in [-0.2, 0) is 6.42 Å². The molecule has 1 heterocycles. The van der Waals surface area contributed by atoms with Gasteiger partial charge in [0.05, 0.1) is 12.8 Å². The smallest absolute Gasteiger partial charge is 0.129 e. The summed E-state index contributed by atoms with van der Waals surface area (Å²) in [5, 5.41) is 8.84. The second-order valence-electron chi connectivity index (χ2n) is 4.37. The van der Waals surface area contributed by atoms with Crippen molar-refractivity contribution in [2.75, 3.05) is 13.7 Å². The molecule has 0 aliphatic heterocycles. The minimum atomic E-state index is 0.162. The van der Waals surface area contributed by atoms with Gasteiger partial charge < -0.3 is 9.84 Å². The Kier molecular flexibility index (Phi) is 4.47. The van der Waals surface area contributed by atoms with Crippen molar-refractivity contribution in [3.8, 4) is 17.0 Å². The number of rotatable bonds is 5. The van der Waals surface area contributed by atoms with Crippen molar-refractivity contribution in [2.24, 2.45) is 0 Å². The number of ether oxygens (including phenoxy) is 1. The van der Waals surface area contributed by atoms with E-state index < -0.39 is 0 Å². The Hall–Kier alpha value is -1.94. The van der Waals surface area contributed by atoms with Crippen molar-refractivity contribution in [3.05, 3.63) is 41.9 Å². The zero-order valence-electron chi connectivity index (χ0n) is 11.3.